The molecule has 0 bridgehead atoms. The number of nitrogens with one attached hydrogen (secondary N) is 2. The van der Waals surface area contributed by atoms with Gasteiger partial charge in [-0.1, -0.05) is 37.3 Å². The first-order chi connectivity index (χ1) is 11.7. The molecule has 1 aromatic heterocycles. The van der Waals surface area contributed by atoms with Gasteiger partial charge < -0.3 is 15.4 Å². The molecule has 6 heteroatoms. The zero-order valence-electron chi connectivity index (χ0n) is 14.0. The van der Waals surface area contributed by atoms with Gasteiger partial charge in [0.2, 0.25) is 0 Å². The Morgan fingerprint density at radius 1 is 1.42 bits per heavy atom. The molecule has 1 fully saturated rings. The quantitative estimate of drug-likeness (QED) is 0.868. The van der Waals surface area contributed by atoms with E-state index >= 15 is 0 Å². The number of ether oxygens (including phenoxy) is 1. The summed E-state index contributed by atoms with van der Waals surface area (Å²) in [6.07, 6.45) is 1.54. The van der Waals surface area contributed by atoms with Crippen LogP contribution in [0.2, 0.25) is 0 Å². The lowest BCUT2D eigenvalue weighted by atomic mass is 10.0. The van der Waals surface area contributed by atoms with E-state index in [1.807, 2.05) is 49.6 Å². The van der Waals surface area contributed by atoms with Crippen molar-refractivity contribution in [3.05, 3.63) is 52.0 Å². The maximum atomic E-state index is 12.4. The highest BCUT2D eigenvalue weighted by atomic mass is 32.1. The second kappa shape index (κ2) is 7.77. The Morgan fingerprint density at radius 3 is 2.88 bits per heavy atom. The molecule has 0 unspecified atom stereocenters. The van der Waals surface area contributed by atoms with Crippen LogP contribution in [0, 0.1) is 6.92 Å². The van der Waals surface area contributed by atoms with Crippen molar-refractivity contribution >= 4 is 17.4 Å². The minimum Gasteiger partial charge on any atom is -0.371 e. The summed E-state index contributed by atoms with van der Waals surface area (Å²) in [6, 6.07) is 9.81. The Hall–Kier alpha value is -1.92. The van der Waals surface area contributed by atoms with Gasteiger partial charge in [0.1, 0.15) is 11.1 Å². The van der Waals surface area contributed by atoms with Crippen molar-refractivity contribution in [3.63, 3.8) is 0 Å². The summed E-state index contributed by atoms with van der Waals surface area (Å²) in [7, 11) is 0. The van der Waals surface area contributed by atoms with Crippen LogP contribution in [-0.4, -0.2) is 23.7 Å². The summed E-state index contributed by atoms with van der Waals surface area (Å²) in [5, 5.41) is 9.07. The lowest BCUT2D eigenvalue weighted by molar-refractivity contribution is 0.0998. The van der Waals surface area contributed by atoms with Crippen LogP contribution in [0.4, 0.5) is 4.79 Å². The minimum absolute atomic E-state index is 0.0112. The van der Waals surface area contributed by atoms with E-state index in [0.717, 1.165) is 29.1 Å². The van der Waals surface area contributed by atoms with Crippen LogP contribution < -0.4 is 10.6 Å². The van der Waals surface area contributed by atoms with Crippen LogP contribution in [0.25, 0.3) is 0 Å². The summed E-state index contributed by atoms with van der Waals surface area (Å²) < 4.78 is 5.82. The molecule has 3 atom stereocenters. The fraction of sp³-hybridized carbons (Fsp3) is 0.444. The molecular weight excluding hydrogens is 322 g/mol. The topological polar surface area (TPSA) is 63.2 Å². The summed E-state index contributed by atoms with van der Waals surface area (Å²) in [4.78, 5) is 16.9. The average molecular weight is 345 g/mol. The Labute approximate surface area is 146 Å². The number of aryl methyl sites for hydroxylation is 1. The maximum Gasteiger partial charge on any atom is 0.315 e. The number of rotatable bonds is 5. The third-order valence-corrected chi connectivity index (χ3v) is 5.26. The largest absolute Gasteiger partial charge is 0.371 e. The van der Waals surface area contributed by atoms with Gasteiger partial charge in [-0.2, -0.15) is 0 Å². The number of hydrogen-bond acceptors (Lipinski definition) is 4. The SMILES string of the molecule is CC[C@H](NC(=O)N[C@@H]1CCO[C@@H]1c1ccccc1)c1nc(C)cs1. The minimum atomic E-state index is -0.161. The van der Waals surface area contributed by atoms with Gasteiger partial charge in [0.25, 0.3) is 0 Å². The van der Waals surface area contributed by atoms with Crippen LogP contribution in [0.3, 0.4) is 0 Å². The number of urea groups is 1. The third kappa shape index (κ3) is 3.94. The van der Waals surface area contributed by atoms with Gasteiger partial charge >= 0.3 is 6.03 Å². The number of benzene rings is 1. The molecule has 24 heavy (non-hydrogen) atoms. The second-order valence-electron chi connectivity index (χ2n) is 6.00. The van der Waals surface area contributed by atoms with Gasteiger partial charge in [-0.25, -0.2) is 9.78 Å². The third-order valence-electron chi connectivity index (χ3n) is 4.18. The lowest BCUT2D eigenvalue weighted by Gasteiger charge is -2.22. The molecule has 3 rings (SSSR count). The van der Waals surface area contributed by atoms with Crippen molar-refractivity contribution in [2.75, 3.05) is 6.61 Å². The van der Waals surface area contributed by atoms with Gasteiger partial charge in [-0.05, 0) is 25.3 Å². The molecule has 1 aromatic carbocycles. The monoisotopic (exact) mass is 345 g/mol. The number of carbonyl (C=O) groups excluding carboxylic acids is 1. The molecule has 0 radical (unpaired) electrons. The zero-order valence-corrected chi connectivity index (χ0v) is 14.8. The Kier molecular flexibility index (Phi) is 5.48. The van der Waals surface area contributed by atoms with Crippen LogP contribution >= 0.6 is 11.3 Å². The molecule has 2 heterocycles. The second-order valence-corrected chi connectivity index (χ2v) is 6.89. The van der Waals surface area contributed by atoms with E-state index in [2.05, 4.69) is 15.6 Å². The number of carbonyl (C=O) groups is 1. The first-order valence-electron chi connectivity index (χ1n) is 8.33. The number of aromatic nitrogens is 1. The number of hydrogen-bond donors (Lipinski definition) is 2. The molecule has 0 saturated carbocycles. The first kappa shape index (κ1) is 16.9. The highest BCUT2D eigenvalue weighted by molar-refractivity contribution is 7.09. The molecule has 2 amide bonds. The molecule has 2 aromatic rings. The van der Waals surface area contributed by atoms with E-state index in [0.29, 0.717) is 6.61 Å². The van der Waals surface area contributed by atoms with Crippen molar-refractivity contribution < 1.29 is 9.53 Å². The fourth-order valence-electron chi connectivity index (χ4n) is 2.95. The molecule has 1 aliphatic heterocycles. The van der Waals surface area contributed by atoms with Crippen molar-refractivity contribution in [1.29, 1.82) is 0 Å². The van der Waals surface area contributed by atoms with Gasteiger partial charge in [0.05, 0.1) is 12.1 Å². The number of amides is 2. The van der Waals surface area contributed by atoms with Gasteiger partial charge in [0, 0.05) is 17.7 Å². The average Bonchev–Trinajstić information content (AvgIpc) is 3.22. The van der Waals surface area contributed by atoms with Crippen LogP contribution in [0.1, 0.15) is 48.2 Å². The predicted octanol–water partition coefficient (Wildman–Crippen LogP) is 3.73. The number of thiazole rings is 1. The van der Waals surface area contributed by atoms with E-state index in [9.17, 15) is 4.79 Å². The van der Waals surface area contributed by atoms with Crippen molar-refractivity contribution in [2.45, 2.75) is 44.9 Å². The molecule has 5 nitrogen and oxygen atoms in total. The fourth-order valence-corrected chi connectivity index (χ4v) is 3.88. The maximum absolute atomic E-state index is 12.4. The summed E-state index contributed by atoms with van der Waals surface area (Å²) in [6.45, 7) is 4.67. The number of nitrogens with zero attached hydrogens (tertiary/aromatic N) is 1. The van der Waals surface area contributed by atoms with Gasteiger partial charge in [0.15, 0.2) is 0 Å². The Bertz CT molecular complexity index is 674. The first-order valence-corrected chi connectivity index (χ1v) is 9.21. The highest BCUT2D eigenvalue weighted by Crippen LogP contribution is 2.29. The van der Waals surface area contributed by atoms with Crippen molar-refractivity contribution in [3.8, 4) is 0 Å². The van der Waals surface area contributed by atoms with E-state index in [-0.39, 0.29) is 24.2 Å². The molecule has 0 aliphatic carbocycles. The van der Waals surface area contributed by atoms with Gasteiger partial charge in [-0.15, -0.1) is 11.3 Å². The molecule has 1 aliphatic rings. The molecule has 2 N–H and O–H groups in total. The summed E-state index contributed by atoms with van der Waals surface area (Å²) >= 11 is 1.59. The van der Waals surface area contributed by atoms with E-state index < -0.39 is 0 Å². The summed E-state index contributed by atoms with van der Waals surface area (Å²) in [5.41, 5.74) is 2.09. The van der Waals surface area contributed by atoms with E-state index in [1.165, 1.54) is 0 Å². The smallest absolute Gasteiger partial charge is 0.315 e. The molecule has 0 spiro atoms. The van der Waals surface area contributed by atoms with Gasteiger partial charge in [-0.3, -0.25) is 0 Å². The van der Waals surface area contributed by atoms with Crippen LogP contribution in [0.5, 0.6) is 0 Å². The highest BCUT2D eigenvalue weighted by Gasteiger charge is 2.31. The molecule has 1 saturated heterocycles. The zero-order chi connectivity index (χ0) is 16.9. The normalized spacial score (nSPS) is 21.4. The van der Waals surface area contributed by atoms with E-state index in [1.54, 1.807) is 11.3 Å². The van der Waals surface area contributed by atoms with E-state index in [4.69, 9.17) is 4.74 Å². The van der Waals surface area contributed by atoms with Crippen LogP contribution in [0.15, 0.2) is 35.7 Å². The van der Waals surface area contributed by atoms with Crippen LogP contribution in [-0.2, 0) is 4.74 Å². The standard InChI is InChI=1S/C18H23N3O2S/c1-3-14(17-19-12(2)11-24-17)20-18(22)21-15-9-10-23-16(15)13-7-5-4-6-8-13/h4-8,11,14-16H,3,9-10H2,1-2H3,(H2,20,21,22)/t14-,15+,16+/m0/s1. The Morgan fingerprint density at radius 2 is 2.21 bits per heavy atom. The Balaban J connectivity index is 1.61. The van der Waals surface area contributed by atoms with Crippen molar-refractivity contribution in [2.24, 2.45) is 0 Å². The predicted molar refractivity (Wildman–Crippen MR) is 95.1 cm³/mol. The lowest BCUT2D eigenvalue weighted by Crippen LogP contribution is -2.44. The van der Waals surface area contributed by atoms with Crippen molar-refractivity contribution in [1.82, 2.24) is 15.6 Å². The molecule has 128 valence electrons. The molecular formula is C18H23N3O2S. The summed E-state index contributed by atoms with van der Waals surface area (Å²) in [5.74, 6) is 0.